The first-order chi connectivity index (χ1) is 3.46. The van der Waals surface area contributed by atoms with Crippen LogP contribution >= 0.6 is 0 Å². The zero-order valence-corrected chi connectivity index (χ0v) is 7.61. The standard InChI is InChI=1S/2C3H8O.Mn/c2*1-3(2)4;/h2*3-4H,1-2H3;. The summed E-state index contributed by atoms with van der Waals surface area (Å²) in [5.41, 5.74) is 0. The second kappa shape index (κ2) is 11.3. The van der Waals surface area contributed by atoms with Crippen molar-refractivity contribution >= 4 is 0 Å². The number of hydrogen-bond acceptors (Lipinski definition) is 2. The van der Waals surface area contributed by atoms with Crippen LogP contribution in [0, 0.1) is 0 Å². The van der Waals surface area contributed by atoms with Gasteiger partial charge in [0.05, 0.1) is 0 Å². The van der Waals surface area contributed by atoms with Gasteiger partial charge in [0, 0.05) is 29.3 Å². The molecule has 0 heterocycles. The van der Waals surface area contributed by atoms with Crippen LogP contribution in [0.5, 0.6) is 0 Å². The second-order valence-electron chi connectivity index (χ2n) is 2.19. The van der Waals surface area contributed by atoms with Gasteiger partial charge in [-0.1, -0.05) is 0 Å². The maximum Gasteiger partial charge on any atom is 0.0483 e. The van der Waals surface area contributed by atoms with Gasteiger partial charge in [-0.2, -0.15) is 0 Å². The minimum Gasteiger partial charge on any atom is -0.394 e. The first kappa shape index (κ1) is 16.2. The van der Waals surface area contributed by atoms with E-state index in [0.29, 0.717) is 0 Å². The molecule has 9 heavy (non-hydrogen) atoms. The zero-order valence-electron chi connectivity index (χ0n) is 6.43. The molecule has 3 heteroatoms. The minimum atomic E-state index is -0.167. The summed E-state index contributed by atoms with van der Waals surface area (Å²) in [5.74, 6) is 0. The Bertz CT molecular complexity index is 26.5. The Hall–Kier alpha value is 0.439. The number of hydrogen-bond donors (Lipinski definition) is 2. The molecular weight excluding hydrogens is 159 g/mol. The van der Waals surface area contributed by atoms with Gasteiger partial charge in [0.25, 0.3) is 0 Å². The molecule has 1 radical (unpaired) electrons. The predicted octanol–water partition coefficient (Wildman–Crippen LogP) is 0.772. The molecule has 0 saturated carbocycles. The average molecular weight is 175 g/mol. The van der Waals surface area contributed by atoms with Crippen molar-refractivity contribution in [1.29, 1.82) is 0 Å². The molecule has 0 amide bonds. The third-order valence-electron chi connectivity index (χ3n) is 0. The number of aliphatic hydroxyl groups is 2. The maximum absolute atomic E-state index is 8.06. The van der Waals surface area contributed by atoms with Gasteiger partial charge >= 0.3 is 0 Å². The molecule has 0 atom stereocenters. The topological polar surface area (TPSA) is 40.5 Å². The van der Waals surface area contributed by atoms with Gasteiger partial charge < -0.3 is 10.2 Å². The molecule has 0 saturated heterocycles. The molecule has 0 spiro atoms. The van der Waals surface area contributed by atoms with Crippen LogP contribution in [-0.4, -0.2) is 22.4 Å². The molecule has 0 fully saturated rings. The van der Waals surface area contributed by atoms with Crippen LogP contribution in [0.25, 0.3) is 0 Å². The summed E-state index contributed by atoms with van der Waals surface area (Å²) in [6.45, 7) is 6.89. The van der Waals surface area contributed by atoms with Crippen LogP contribution in [0.1, 0.15) is 27.7 Å². The van der Waals surface area contributed by atoms with Gasteiger partial charge in [-0.15, -0.1) is 0 Å². The van der Waals surface area contributed by atoms with E-state index in [9.17, 15) is 0 Å². The van der Waals surface area contributed by atoms with Crippen molar-refractivity contribution in [3.63, 3.8) is 0 Å². The third kappa shape index (κ3) is 1810. The minimum absolute atomic E-state index is 0. The van der Waals surface area contributed by atoms with Crippen molar-refractivity contribution in [3.05, 3.63) is 0 Å². The van der Waals surface area contributed by atoms with Crippen LogP contribution in [0.3, 0.4) is 0 Å². The van der Waals surface area contributed by atoms with E-state index in [0.717, 1.165) is 0 Å². The van der Waals surface area contributed by atoms with Crippen LogP contribution in [0.4, 0.5) is 0 Å². The largest absolute Gasteiger partial charge is 0.394 e. The summed E-state index contributed by atoms with van der Waals surface area (Å²) in [6, 6.07) is 0. The fourth-order valence-corrected chi connectivity index (χ4v) is 0. The molecule has 0 unspecified atom stereocenters. The summed E-state index contributed by atoms with van der Waals surface area (Å²) in [4.78, 5) is 0. The summed E-state index contributed by atoms with van der Waals surface area (Å²) in [7, 11) is 0. The van der Waals surface area contributed by atoms with Crippen LogP contribution in [0.15, 0.2) is 0 Å². The van der Waals surface area contributed by atoms with Crippen molar-refractivity contribution < 1.29 is 27.3 Å². The Balaban J connectivity index is -0.0000000720. The monoisotopic (exact) mass is 175 g/mol. The molecule has 0 aliphatic rings. The summed E-state index contributed by atoms with van der Waals surface area (Å²) >= 11 is 0. The maximum atomic E-state index is 8.06. The Kier molecular flexibility index (Phi) is 20.3. The van der Waals surface area contributed by atoms with Gasteiger partial charge in [-0.3, -0.25) is 0 Å². The van der Waals surface area contributed by atoms with Crippen molar-refractivity contribution in [3.8, 4) is 0 Å². The van der Waals surface area contributed by atoms with E-state index in [4.69, 9.17) is 10.2 Å². The molecule has 0 aromatic heterocycles. The second-order valence-corrected chi connectivity index (χ2v) is 2.19. The van der Waals surface area contributed by atoms with Crippen LogP contribution in [0.2, 0.25) is 0 Å². The van der Waals surface area contributed by atoms with E-state index in [1.54, 1.807) is 27.7 Å². The molecule has 0 aromatic rings. The fraction of sp³-hybridized carbons (Fsp3) is 1.00. The Morgan fingerprint density at radius 3 is 0.778 bits per heavy atom. The van der Waals surface area contributed by atoms with E-state index in [-0.39, 0.29) is 29.3 Å². The molecule has 0 aliphatic heterocycles. The van der Waals surface area contributed by atoms with Gasteiger partial charge in [-0.25, -0.2) is 0 Å². The average Bonchev–Trinajstić information content (AvgIpc) is 1.25. The molecule has 2 N–H and O–H groups in total. The first-order valence-corrected chi connectivity index (χ1v) is 2.83. The predicted molar refractivity (Wildman–Crippen MR) is 34.7 cm³/mol. The van der Waals surface area contributed by atoms with Crippen molar-refractivity contribution in [2.45, 2.75) is 39.9 Å². The van der Waals surface area contributed by atoms with Crippen molar-refractivity contribution in [1.82, 2.24) is 0 Å². The van der Waals surface area contributed by atoms with E-state index in [2.05, 4.69) is 0 Å². The Labute approximate surface area is 67.8 Å². The molecule has 0 rings (SSSR count). The van der Waals surface area contributed by atoms with Crippen molar-refractivity contribution in [2.24, 2.45) is 0 Å². The molecule has 2 nitrogen and oxygen atoms in total. The zero-order chi connectivity index (χ0) is 7.15. The van der Waals surface area contributed by atoms with Gasteiger partial charge in [0.1, 0.15) is 0 Å². The molecular formula is C6H16MnO2. The summed E-state index contributed by atoms with van der Waals surface area (Å²) < 4.78 is 0. The summed E-state index contributed by atoms with van der Waals surface area (Å²) in [6.07, 6.45) is -0.333. The van der Waals surface area contributed by atoms with E-state index in [1.165, 1.54) is 0 Å². The van der Waals surface area contributed by atoms with Gasteiger partial charge in [-0.05, 0) is 27.7 Å². The molecule has 0 aliphatic carbocycles. The molecule has 0 bridgehead atoms. The Morgan fingerprint density at radius 2 is 0.778 bits per heavy atom. The van der Waals surface area contributed by atoms with E-state index in [1.807, 2.05) is 0 Å². The third-order valence-corrected chi connectivity index (χ3v) is 0. The fourth-order valence-electron chi connectivity index (χ4n) is 0. The Morgan fingerprint density at radius 1 is 0.778 bits per heavy atom. The van der Waals surface area contributed by atoms with Crippen LogP contribution in [-0.2, 0) is 17.1 Å². The molecule has 0 aromatic carbocycles. The van der Waals surface area contributed by atoms with Crippen molar-refractivity contribution in [2.75, 3.05) is 0 Å². The SMILES string of the molecule is CC(C)O.CC(C)O.[Mn]. The number of rotatable bonds is 0. The molecule has 59 valence electrons. The quantitative estimate of drug-likeness (QED) is 0.534. The van der Waals surface area contributed by atoms with Gasteiger partial charge in [0.15, 0.2) is 0 Å². The normalized spacial score (nSPS) is 8.00. The van der Waals surface area contributed by atoms with Crippen LogP contribution < -0.4 is 0 Å². The smallest absolute Gasteiger partial charge is 0.0483 e. The van der Waals surface area contributed by atoms with E-state index >= 15 is 0 Å². The number of aliphatic hydroxyl groups excluding tert-OH is 2. The van der Waals surface area contributed by atoms with Gasteiger partial charge in [0.2, 0.25) is 0 Å². The van der Waals surface area contributed by atoms with E-state index < -0.39 is 0 Å². The summed E-state index contributed by atoms with van der Waals surface area (Å²) in [5, 5.41) is 16.1. The first-order valence-electron chi connectivity index (χ1n) is 2.83.